The van der Waals surface area contributed by atoms with Crippen LogP contribution in [0.25, 0.3) is 0 Å². The van der Waals surface area contributed by atoms with Crippen LogP contribution in [-0.4, -0.2) is 30.5 Å². The summed E-state index contributed by atoms with van der Waals surface area (Å²) in [6.45, 7) is 3.98. The molecule has 1 rings (SSSR count). The Kier molecular flexibility index (Phi) is 6.89. The summed E-state index contributed by atoms with van der Waals surface area (Å²) in [5.74, 6) is 0.0683. The molecule has 104 valence electrons. The molecule has 3 N–H and O–H groups in total. The maximum atomic E-state index is 11.5. The Bertz CT molecular complexity index is 408. The molecular weight excluding hydrogens is 258 g/mol. The van der Waals surface area contributed by atoms with Gasteiger partial charge in [-0.15, -0.1) is 0 Å². The third-order valence-electron chi connectivity index (χ3n) is 2.73. The number of carbonyl (C=O) groups is 1. The molecule has 0 radical (unpaired) electrons. The summed E-state index contributed by atoms with van der Waals surface area (Å²) in [6.07, 6.45) is 1.12. The minimum Gasteiger partial charge on any atom is -0.393 e. The van der Waals surface area contributed by atoms with Crippen LogP contribution < -0.4 is 16.0 Å². The van der Waals surface area contributed by atoms with Crippen molar-refractivity contribution in [2.45, 2.75) is 19.8 Å². The van der Waals surface area contributed by atoms with Gasteiger partial charge in [0, 0.05) is 38.2 Å². The van der Waals surface area contributed by atoms with E-state index in [1.54, 1.807) is 0 Å². The zero-order valence-corrected chi connectivity index (χ0v) is 12.1. The van der Waals surface area contributed by atoms with E-state index in [1.807, 2.05) is 37.3 Å². The Labute approximate surface area is 120 Å². The van der Waals surface area contributed by atoms with Crippen LogP contribution in [0.15, 0.2) is 30.3 Å². The highest BCUT2D eigenvalue weighted by molar-refractivity contribution is 7.80. The van der Waals surface area contributed by atoms with Gasteiger partial charge in [-0.05, 0) is 19.1 Å². The molecule has 0 unspecified atom stereocenters. The molecule has 19 heavy (non-hydrogen) atoms. The Morgan fingerprint density at radius 1 is 1.26 bits per heavy atom. The lowest BCUT2D eigenvalue weighted by Gasteiger charge is -2.24. The molecule has 0 bridgehead atoms. The molecular formula is C14H21N3OS. The molecule has 0 aliphatic carbocycles. The predicted molar refractivity (Wildman–Crippen MR) is 83.4 cm³/mol. The van der Waals surface area contributed by atoms with Gasteiger partial charge < -0.3 is 16.0 Å². The minimum atomic E-state index is 0.0683. The summed E-state index contributed by atoms with van der Waals surface area (Å²) in [7, 11) is 0. The largest absolute Gasteiger partial charge is 0.393 e. The zero-order valence-electron chi connectivity index (χ0n) is 11.3. The number of anilines is 1. The smallest absolute Gasteiger partial charge is 0.221 e. The number of hydrogen-bond acceptors (Lipinski definition) is 3. The maximum absolute atomic E-state index is 11.5. The van der Waals surface area contributed by atoms with Crippen LogP contribution in [0.5, 0.6) is 0 Å². The van der Waals surface area contributed by atoms with Gasteiger partial charge in [-0.1, -0.05) is 30.4 Å². The number of benzene rings is 1. The summed E-state index contributed by atoms with van der Waals surface area (Å²) in [6, 6.07) is 9.98. The highest BCUT2D eigenvalue weighted by Gasteiger charge is 2.09. The Morgan fingerprint density at radius 2 is 1.89 bits per heavy atom. The van der Waals surface area contributed by atoms with E-state index in [0.29, 0.717) is 30.9 Å². The van der Waals surface area contributed by atoms with Gasteiger partial charge in [-0.2, -0.15) is 0 Å². The lowest BCUT2D eigenvalue weighted by Crippen LogP contribution is -2.32. The number of nitrogens with two attached hydrogens (primary N) is 1. The van der Waals surface area contributed by atoms with Gasteiger partial charge in [0.15, 0.2) is 0 Å². The monoisotopic (exact) mass is 279 g/mol. The van der Waals surface area contributed by atoms with Crippen molar-refractivity contribution in [2.24, 2.45) is 5.73 Å². The molecule has 5 heteroatoms. The van der Waals surface area contributed by atoms with Gasteiger partial charge in [0.1, 0.15) is 0 Å². The summed E-state index contributed by atoms with van der Waals surface area (Å²) in [5, 5.41) is 2.80. The number of thiocarbonyl (C=S) groups is 1. The van der Waals surface area contributed by atoms with Crippen molar-refractivity contribution in [1.29, 1.82) is 0 Å². The first kappa shape index (κ1) is 15.4. The number of hydrogen-bond donors (Lipinski definition) is 2. The van der Waals surface area contributed by atoms with Gasteiger partial charge in [-0.3, -0.25) is 4.79 Å². The molecule has 0 aliphatic rings. The lowest BCUT2D eigenvalue weighted by atomic mass is 10.2. The number of nitrogens with one attached hydrogen (secondary N) is 1. The van der Waals surface area contributed by atoms with Gasteiger partial charge in [0.25, 0.3) is 0 Å². The Hall–Kier alpha value is -1.62. The van der Waals surface area contributed by atoms with Crippen molar-refractivity contribution < 1.29 is 4.79 Å². The van der Waals surface area contributed by atoms with E-state index in [9.17, 15) is 4.79 Å². The fraction of sp³-hybridized carbons (Fsp3) is 0.429. The summed E-state index contributed by atoms with van der Waals surface area (Å²) >= 11 is 4.91. The molecule has 0 aromatic heterocycles. The normalized spacial score (nSPS) is 9.95. The minimum absolute atomic E-state index is 0.0683. The third kappa shape index (κ3) is 6.20. The number of amides is 1. The maximum Gasteiger partial charge on any atom is 0.221 e. The molecule has 0 aliphatic heterocycles. The van der Waals surface area contributed by atoms with E-state index in [4.69, 9.17) is 18.0 Å². The second-order valence-corrected chi connectivity index (χ2v) is 4.77. The van der Waals surface area contributed by atoms with Crippen molar-refractivity contribution in [1.82, 2.24) is 5.32 Å². The molecule has 0 atom stereocenters. The summed E-state index contributed by atoms with van der Waals surface area (Å²) in [4.78, 5) is 14.2. The Balaban J connectivity index is 2.59. The molecule has 0 fully saturated rings. The molecule has 1 aromatic carbocycles. The summed E-state index contributed by atoms with van der Waals surface area (Å²) in [5.41, 5.74) is 6.63. The number of carbonyl (C=O) groups excluding carboxylic acids is 1. The number of nitrogens with zero attached hydrogens (tertiary/aromatic N) is 1. The van der Waals surface area contributed by atoms with Crippen molar-refractivity contribution in [3.63, 3.8) is 0 Å². The van der Waals surface area contributed by atoms with Gasteiger partial charge in [-0.25, -0.2) is 0 Å². The quantitative estimate of drug-likeness (QED) is 0.711. The van der Waals surface area contributed by atoms with Crippen LogP contribution in [0.2, 0.25) is 0 Å². The average Bonchev–Trinajstić information content (AvgIpc) is 2.40. The number of rotatable bonds is 8. The fourth-order valence-corrected chi connectivity index (χ4v) is 1.87. The first-order valence-corrected chi connectivity index (χ1v) is 6.89. The second-order valence-electron chi connectivity index (χ2n) is 4.24. The summed E-state index contributed by atoms with van der Waals surface area (Å²) < 4.78 is 0. The van der Waals surface area contributed by atoms with E-state index in [-0.39, 0.29) is 5.91 Å². The van der Waals surface area contributed by atoms with E-state index in [1.165, 1.54) is 0 Å². The molecule has 0 spiro atoms. The zero-order chi connectivity index (χ0) is 14.1. The van der Waals surface area contributed by atoms with Gasteiger partial charge >= 0.3 is 0 Å². The molecule has 1 amide bonds. The first-order chi connectivity index (χ1) is 9.13. The van der Waals surface area contributed by atoms with Gasteiger partial charge in [0.05, 0.1) is 4.99 Å². The highest BCUT2D eigenvalue weighted by Crippen LogP contribution is 2.14. The highest BCUT2D eigenvalue weighted by atomic mass is 32.1. The molecule has 1 aromatic rings. The van der Waals surface area contributed by atoms with E-state index in [2.05, 4.69) is 10.2 Å². The van der Waals surface area contributed by atoms with Crippen LogP contribution in [0, 0.1) is 0 Å². The fourth-order valence-electron chi connectivity index (χ4n) is 1.78. The van der Waals surface area contributed by atoms with Crippen molar-refractivity contribution in [3.8, 4) is 0 Å². The van der Waals surface area contributed by atoms with Crippen LogP contribution in [0.1, 0.15) is 19.8 Å². The third-order valence-corrected chi connectivity index (χ3v) is 2.94. The topological polar surface area (TPSA) is 58.4 Å². The first-order valence-electron chi connectivity index (χ1n) is 6.48. The molecule has 4 nitrogen and oxygen atoms in total. The van der Waals surface area contributed by atoms with Crippen molar-refractivity contribution in [2.75, 3.05) is 24.5 Å². The average molecular weight is 279 g/mol. The van der Waals surface area contributed by atoms with E-state index >= 15 is 0 Å². The van der Waals surface area contributed by atoms with Crippen molar-refractivity contribution >= 4 is 28.8 Å². The van der Waals surface area contributed by atoms with Crippen LogP contribution >= 0.6 is 12.2 Å². The molecule has 0 saturated carbocycles. The van der Waals surface area contributed by atoms with Crippen LogP contribution in [0.4, 0.5) is 5.69 Å². The predicted octanol–water partition coefficient (Wildman–Crippen LogP) is 1.70. The SMILES string of the molecule is CCNC(=O)CCN(CCC(N)=S)c1ccccc1. The standard InChI is InChI=1S/C14H21N3OS/c1-2-16-14(18)9-11-17(10-8-13(15)19)12-6-4-3-5-7-12/h3-7H,2,8-11H2,1H3,(H2,15,19)(H,16,18). The lowest BCUT2D eigenvalue weighted by molar-refractivity contribution is -0.120. The van der Waals surface area contributed by atoms with E-state index < -0.39 is 0 Å². The van der Waals surface area contributed by atoms with Crippen LogP contribution in [0.3, 0.4) is 0 Å². The second kappa shape index (κ2) is 8.48. The van der Waals surface area contributed by atoms with E-state index in [0.717, 1.165) is 12.2 Å². The van der Waals surface area contributed by atoms with Crippen LogP contribution in [-0.2, 0) is 4.79 Å². The molecule has 0 saturated heterocycles. The van der Waals surface area contributed by atoms with Gasteiger partial charge in [0.2, 0.25) is 5.91 Å². The molecule has 0 heterocycles. The Morgan fingerprint density at radius 3 is 2.47 bits per heavy atom. The van der Waals surface area contributed by atoms with Crippen molar-refractivity contribution in [3.05, 3.63) is 30.3 Å². The number of para-hydroxylation sites is 1.